The van der Waals surface area contributed by atoms with Crippen molar-refractivity contribution in [3.8, 4) is 6.07 Å². The quantitative estimate of drug-likeness (QED) is 0.811. The Kier molecular flexibility index (Phi) is 4.41. The standard InChI is InChI=1S/C13H19BrN4/c1-3-11-13(14)12(17(2)16-11)9-18(8-4-7-15)10-5-6-10/h10H,3-6,8-9H2,1-2H3. The van der Waals surface area contributed by atoms with E-state index in [1.54, 1.807) is 0 Å². The van der Waals surface area contributed by atoms with E-state index in [2.05, 4.69) is 38.9 Å². The van der Waals surface area contributed by atoms with E-state index >= 15 is 0 Å². The zero-order valence-electron chi connectivity index (χ0n) is 11.0. The second kappa shape index (κ2) is 5.85. The SMILES string of the molecule is CCc1nn(C)c(CN(CCC#N)C2CC2)c1Br. The molecule has 0 aromatic carbocycles. The maximum absolute atomic E-state index is 8.73. The molecule has 1 aromatic rings. The van der Waals surface area contributed by atoms with Crippen LogP contribution in [0.25, 0.3) is 0 Å². The molecule has 5 heteroatoms. The van der Waals surface area contributed by atoms with Crippen LogP contribution in [0.1, 0.15) is 37.6 Å². The van der Waals surface area contributed by atoms with E-state index in [-0.39, 0.29) is 0 Å². The average molecular weight is 311 g/mol. The number of aryl methyl sites for hydroxylation is 2. The summed E-state index contributed by atoms with van der Waals surface area (Å²) in [5.41, 5.74) is 2.33. The monoisotopic (exact) mass is 310 g/mol. The van der Waals surface area contributed by atoms with Gasteiger partial charge in [-0.3, -0.25) is 9.58 Å². The van der Waals surface area contributed by atoms with Crippen LogP contribution in [0.5, 0.6) is 0 Å². The maximum atomic E-state index is 8.73. The molecule has 4 nitrogen and oxygen atoms in total. The van der Waals surface area contributed by atoms with E-state index < -0.39 is 0 Å². The molecular weight excluding hydrogens is 292 g/mol. The molecule has 0 atom stereocenters. The molecule has 0 bridgehead atoms. The van der Waals surface area contributed by atoms with Gasteiger partial charge in [-0.15, -0.1) is 0 Å². The van der Waals surface area contributed by atoms with Gasteiger partial charge in [0, 0.05) is 32.6 Å². The Morgan fingerprint density at radius 2 is 2.28 bits per heavy atom. The first-order valence-electron chi connectivity index (χ1n) is 6.48. The average Bonchev–Trinajstić information content (AvgIpc) is 3.15. The van der Waals surface area contributed by atoms with Crippen LogP contribution in [-0.4, -0.2) is 27.3 Å². The Morgan fingerprint density at radius 1 is 1.56 bits per heavy atom. The van der Waals surface area contributed by atoms with Gasteiger partial charge < -0.3 is 0 Å². The van der Waals surface area contributed by atoms with Gasteiger partial charge in [0.25, 0.3) is 0 Å². The molecule has 2 rings (SSSR count). The van der Waals surface area contributed by atoms with Gasteiger partial charge in [-0.25, -0.2) is 0 Å². The molecule has 0 saturated heterocycles. The Bertz CT molecular complexity index is 456. The summed E-state index contributed by atoms with van der Waals surface area (Å²) < 4.78 is 3.10. The summed E-state index contributed by atoms with van der Waals surface area (Å²) in [5.74, 6) is 0. The molecule has 1 heterocycles. The Hall–Kier alpha value is -0.860. The number of halogens is 1. The van der Waals surface area contributed by atoms with E-state index in [1.165, 1.54) is 18.5 Å². The van der Waals surface area contributed by atoms with Crippen LogP contribution < -0.4 is 0 Å². The minimum atomic E-state index is 0.604. The smallest absolute Gasteiger partial charge is 0.0767 e. The van der Waals surface area contributed by atoms with Crippen LogP contribution in [0.15, 0.2) is 4.47 Å². The number of aromatic nitrogens is 2. The van der Waals surface area contributed by atoms with E-state index in [0.29, 0.717) is 12.5 Å². The third kappa shape index (κ3) is 2.93. The highest BCUT2D eigenvalue weighted by Crippen LogP contribution is 2.30. The van der Waals surface area contributed by atoms with Crippen molar-refractivity contribution in [2.24, 2.45) is 7.05 Å². The second-order valence-electron chi connectivity index (χ2n) is 4.79. The third-order valence-electron chi connectivity index (χ3n) is 3.43. The molecule has 0 amide bonds. The lowest BCUT2D eigenvalue weighted by molar-refractivity contribution is 0.253. The Morgan fingerprint density at radius 3 is 2.78 bits per heavy atom. The van der Waals surface area contributed by atoms with Gasteiger partial charge in [-0.2, -0.15) is 10.4 Å². The zero-order valence-corrected chi connectivity index (χ0v) is 12.6. The van der Waals surface area contributed by atoms with Crippen molar-refractivity contribution in [3.05, 3.63) is 15.9 Å². The first-order valence-corrected chi connectivity index (χ1v) is 7.27. The highest BCUT2D eigenvalue weighted by Gasteiger charge is 2.30. The minimum Gasteiger partial charge on any atom is -0.294 e. The van der Waals surface area contributed by atoms with Gasteiger partial charge in [-0.1, -0.05) is 6.92 Å². The van der Waals surface area contributed by atoms with Crippen molar-refractivity contribution in [1.29, 1.82) is 5.26 Å². The third-order valence-corrected chi connectivity index (χ3v) is 4.35. The summed E-state index contributed by atoms with van der Waals surface area (Å²) in [6.07, 6.45) is 4.08. The fourth-order valence-corrected chi connectivity index (χ4v) is 2.95. The summed E-state index contributed by atoms with van der Waals surface area (Å²) in [4.78, 5) is 2.41. The van der Waals surface area contributed by atoms with Crippen molar-refractivity contribution < 1.29 is 0 Å². The van der Waals surface area contributed by atoms with Crippen LogP contribution in [-0.2, 0) is 20.0 Å². The topological polar surface area (TPSA) is 44.9 Å². The predicted octanol–water partition coefficient (Wildman–Crippen LogP) is 2.62. The van der Waals surface area contributed by atoms with Gasteiger partial charge in [0.2, 0.25) is 0 Å². The predicted molar refractivity (Wildman–Crippen MR) is 73.9 cm³/mol. The highest BCUT2D eigenvalue weighted by atomic mass is 79.9. The van der Waals surface area contributed by atoms with Crippen molar-refractivity contribution in [3.63, 3.8) is 0 Å². The van der Waals surface area contributed by atoms with Crippen molar-refractivity contribution in [2.45, 2.75) is 45.2 Å². The van der Waals surface area contributed by atoms with Gasteiger partial charge in [0.1, 0.15) is 0 Å². The molecule has 1 saturated carbocycles. The Labute approximate surface area is 117 Å². The number of rotatable bonds is 6. The van der Waals surface area contributed by atoms with Crippen LogP contribution in [0.2, 0.25) is 0 Å². The summed E-state index contributed by atoms with van der Waals surface area (Å²) in [7, 11) is 1.99. The lowest BCUT2D eigenvalue weighted by Crippen LogP contribution is -2.27. The Balaban J connectivity index is 2.11. The molecule has 1 fully saturated rings. The molecular formula is C13H19BrN4. The number of nitriles is 1. The van der Waals surface area contributed by atoms with Crippen molar-refractivity contribution in [2.75, 3.05) is 6.54 Å². The number of nitrogens with zero attached hydrogens (tertiary/aromatic N) is 4. The fraction of sp³-hybridized carbons (Fsp3) is 0.692. The fourth-order valence-electron chi connectivity index (χ4n) is 2.21. The van der Waals surface area contributed by atoms with Crippen LogP contribution in [0.4, 0.5) is 0 Å². The lowest BCUT2D eigenvalue weighted by atomic mass is 10.2. The van der Waals surface area contributed by atoms with E-state index in [9.17, 15) is 0 Å². The molecule has 18 heavy (non-hydrogen) atoms. The summed E-state index contributed by atoms with van der Waals surface area (Å²) in [5, 5.41) is 13.3. The van der Waals surface area contributed by atoms with Crippen LogP contribution >= 0.6 is 15.9 Å². The van der Waals surface area contributed by atoms with Crippen molar-refractivity contribution >= 4 is 15.9 Å². The molecule has 0 radical (unpaired) electrons. The molecule has 98 valence electrons. The largest absolute Gasteiger partial charge is 0.294 e. The van der Waals surface area contributed by atoms with Gasteiger partial charge in [0.05, 0.1) is 21.9 Å². The minimum absolute atomic E-state index is 0.604. The van der Waals surface area contributed by atoms with E-state index in [1.807, 2.05) is 11.7 Å². The van der Waals surface area contributed by atoms with E-state index in [4.69, 9.17) is 5.26 Å². The van der Waals surface area contributed by atoms with E-state index in [0.717, 1.165) is 29.7 Å². The zero-order chi connectivity index (χ0) is 13.1. The number of hydrogen-bond acceptors (Lipinski definition) is 3. The van der Waals surface area contributed by atoms with Gasteiger partial charge in [0.15, 0.2) is 0 Å². The second-order valence-corrected chi connectivity index (χ2v) is 5.59. The molecule has 0 aliphatic heterocycles. The van der Waals surface area contributed by atoms with Gasteiger partial charge in [-0.05, 0) is 35.2 Å². The molecule has 1 aliphatic rings. The molecule has 1 aromatic heterocycles. The van der Waals surface area contributed by atoms with Gasteiger partial charge >= 0.3 is 0 Å². The molecule has 1 aliphatic carbocycles. The number of hydrogen-bond donors (Lipinski definition) is 0. The highest BCUT2D eigenvalue weighted by molar-refractivity contribution is 9.10. The summed E-state index contributed by atoms with van der Waals surface area (Å²) in [6.45, 7) is 3.86. The van der Waals surface area contributed by atoms with Crippen LogP contribution in [0.3, 0.4) is 0 Å². The maximum Gasteiger partial charge on any atom is 0.0767 e. The summed E-state index contributed by atoms with van der Waals surface area (Å²) >= 11 is 3.65. The summed E-state index contributed by atoms with van der Waals surface area (Å²) in [6, 6.07) is 2.91. The first-order chi connectivity index (χ1) is 8.67. The van der Waals surface area contributed by atoms with Crippen molar-refractivity contribution in [1.82, 2.24) is 14.7 Å². The lowest BCUT2D eigenvalue weighted by Gasteiger charge is -2.20. The molecule has 0 N–H and O–H groups in total. The molecule has 0 unspecified atom stereocenters. The molecule has 0 spiro atoms. The normalized spacial score (nSPS) is 15.1. The van der Waals surface area contributed by atoms with Crippen LogP contribution in [0, 0.1) is 11.3 Å². The first kappa shape index (κ1) is 13.6.